The van der Waals surface area contributed by atoms with Gasteiger partial charge in [-0.1, -0.05) is 24.3 Å². The number of hydrogen-bond acceptors (Lipinski definition) is 4. The molecule has 0 spiro atoms. The summed E-state index contributed by atoms with van der Waals surface area (Å²) >= 11 is 1.15. The largest absolute Gasteiger partial charge is 0.451 e. The standard InChI is InChI=1S/C20H16FNO3S/c1-12-9-13-5-2-3-7-16(13)22(12)19(23)11-25-20(24)18-10-14-15(21)6-4-8-17(14)26-18/h2-8,10,12H,9,11H2,1H3/t12-/m0/s1. The number of rotatable bonds is 3. The molecule has 0 saturated heterocycles. The van der Waals surface area contributed by atoms with Gasteiger partial charge in [-0.25, -0.2) is 9.18 Å². The summed E-state index contributed by atoms with van der Waals surface area (Å²) in [6.45, 7) is 1.63. The smallest absolute Gasteiger partial charge is 0.348 e. The van der Waals surface area contributed by atoms with Crippen molar-refractivity contribution in [1.82, 2.24) is 0 Å². The van der Waals surface area contributed by atoms with Crippen molar-refractivity contribution in [3.63, 3.8) is 0 Å². The Morgan fingerprint density at radius 1 is 1.23 bits per heavy atom. The van der Waals surface area contributed by atoms with Crippen molar-refractivity contribution in [2.75, 3.05) is 11.5 Å². The summed E-state index contributed by atoms with van der Waals surface area (Å²) in [5.41, 5.74) is 1.98. The second kappa shape index (κ2) is 6.53. The number of ether oxygens (including phenoxy) is 1. The lowest BCUT2D eigenvalue weighted by Gasteiger charge is -2.22. The maximum absolute atomic E-state index is 13.8. The number of carbonyl (C=O) groups is 2. The van der Waals surface area contributed by atoms with Gasteiger partial charge in [0.1, 0.15) is 10.7 Å². The summed E-state index contributed by atoms with van der Waals surface area (Å²) in [5, 5.41) is 0.387. The second-order valence-electron chi connectivity index (χ2n) is 6.28. The molecule has 0 fully saturated rings. The van der Waals surface area contributed by atoms with Crippen molar-refractivity contribution in [3.8, 4) is 0 Å². The summed E-state index contributed by atoms with van der Waals surface area (Å²) < 4.78 is 19.6. The number of nitrogens with zero attached hydrogens (tertiary/aromatic N) is 1. The molecule has 0 aliphatic carbocycles. The molecule has 3 aromatic rings. The first-order valence-corrected chi connectivity index (χ1v) is 9.11. The van der Waals surface area contributed by atoms with Gasteiger partial charge in [0.15, 0.2) is 6.61 Å². The van der Waals surface area contributed by atoms with Crippen LogP contribution < -0.4 is 4.90 Å². The average molecular weight is 369 g/mol. The Morgan fingerprint density at radius 3 is 2.85 bits per heavy atom. The van der Waals surface area contributed by atoms with Crippen molar-refractivity contribution < 1.29 is 18.7 Å². The van der Waals surface area contributed by atoms with Gasteiger partial charge in [0.2, 0.25) is 0 Å². The lowest BCUT2D eigenvalue weighted by Crippen LogP contribution is -2.38. The average Bonchev–Trinajstić information content (AvgIpc) is 3.20. The predicted molar refractivity (Wildman–Crippen MR) is 99.2 cm³/mol. The summed E-state index contributed by atoms with van der Waals surface area (Å²) in [4.78, 5) is 26.8. The molecule has 2 aromatic carbocycles. The van der Waals surface area contributed by atoms with E-state index in [4.69, 9.17) is 4.74 Å². The van der Waals surface area contributed by atoms with Crippen LogP contribution in [0.15, 0.2) is 48.5 Å². The number of carbonyl (C=O) groups excluding carboxylic acids is 2. The number of anilines is 1. The van der Waals surface area contributed by atoms with E-state index in [1.54, 1.807) is 17.0 Å². The number of amides is 1. The van der Waals surface area contributed by atoms with Crippen LogP contribution in [-0.4, -0.2) is 24.5 Å². The van der Waals surface area contributed by atoms with Crippen LogP contribution in [0.25, 0.3) is 10.1 Å². The molecule has 1 aliphatic rings. The van der Waals surface area contributed by atoms with Crippen molar-refractivity contribution in [2.45, 2.75) is 19.4 Å². The number of halogens is 1. The Balaban J connectivity index is 1.47. The molecule has 132 valence electrons. The van der Waals surface area contributed by atoms with Crippen LogP contribution in [0.2, 0.25) is 0 Å². The van der Waals surface area contributed by atoms with E-state index in [2.05, 4.69) is 0 Å². The zero-order valence-corrected chi connectivity index (χ0v) is 14.9. The van der Waals surface area contributed by atoms with E-state index in [1.807, 2.05) is 31.2 Å². The molecule has 1 aromatic heterocycles. The summed E-state index contributed by atoms with van der Waals surface area (Å²) in [6.07, 6.45) is 0.783. The summed E-state index contributed by atoms with van der Waals surface area (Å²) in [7, 11) is 0. The third-order valence-corrected chi connectivity index (χ3v) is 5.59. The van der Waals surface area contributed by atoms with Crippen molar-refractivity contribution in [2.24, 2.45) is 0 Å². The van der Waals surface area contributed by atoms with Gasteiger partial charge in [-0.2, -0.15) is 0 Å². The lowest BCUT2D eigenvalue weighted by atomic mass is 10.1. The fourth-order valence-electron chi connectivity index (χ4n) is 3.34. The van der Waals surface area contributed by atoms with Gasteiger partial charge in [-0.3, -0.25) is 4.79 Å². The highest BCUT2D eigenvalue weighted by Crippen LogP contribution is 2.32. The maximum Gasteiger partial charge on any atom is 0.348 e. The van der Waals surface area contributed by atoms with Gasteiger partial charge < -0.3 is 9.64 Å². The van der Waals surface area contributed by atoms with E-state index in [1.165, 1.54) is 12.1 Å². The Bertz CT molecular complexity index is 1010. The SMILES string of the molecule is C[C@H]1Cc2ccccc2N1C(=O)COC(=O)c1cc2c(F)cccc2s1. The number of hydrogen-bond donors (Lipinski definition) is 0. The first-order chi connectivity index (χ1) is 12.5. The van der Waals surface area contributed by atoms with Gasteiger partial charge >= 0.3 is 5.97 Å². The number of fused-ring (bicyclic) bond motifs is 2. The number of esters is 1. The first kappa shape index (κ1) is 16.7. The van der Waals surface area contributed by atoms with Gasteiger partial charge in [-0.15, -0.1) is 11.3 Å². The van der Waals surface area contributed by atoms with Crippen LogP contribution in [0.5, 0.6) is 0 Å². The Morgan fingerprint density at radius 2 is 2.04 bits per heavy atom. The molecule has 1 aliphatic heterocycles. The zero-order chi connectivity index (χ0) is 18.3. The molecule has 1 amide bonds. The molecule has 2 heterocycles. The van der Waals surface area contributed by atoms with Gasteiger partial charge in [0.05, 0.1) is 0 Å². The third-order valence-electron chi connectivity index (χ3n) is 4.51. The van der Waals surface area contributed by atoms with E-state index in [9.17, 15) is 14.0 Å². The topological polar surface area (TPSA) is 46.6 Å². The Labute approximate surface area is 153 Å². The van der Waals surface area contributed by atoms with E-state index in [-0.39, 0.29) is 29.3 Å². The van der Waals surface area contributed by atoms with Crippen LogP contribution in [0.3, 0.4) is 0 Å². The molecule has 0 saturated carbocycles. The highest BCUT2D eigenvalue weighted by Gasteiger charge is 2.31. The van der Waals surface area contributed by atoms with Gasteiger partial charge in [-0.05, 0) is 43.2 Å². The van der Waals surface area contributed by atoms with E-state index < -0.39 is 5.97 Å². The fraction of sp³-hybridized carbons (Fsp3) is 0.200. The quantitative estimate of drug-likeness (QED) is 0.651. The van der Waals surface area contributed by atoms with Crippen LogP contribution in [-0.2, 0) is 16.0 Å². The molecule has 26 heavy (non-hydrogen) atoms. The summed E-state index contributed by atoms with van der Waals surface area (Å²) in [5.74, 6) is -1.25. The normalized spacial score (nSPS) is 15.9. The molecule has 4 nitrogen and oxygen atoms in total. The first-order valence-electron chi connectivity index (χ1n) is 8.30. The maximum atomic E-state index is 13.8. The van der Waals surface area contributed by atoms with Crippen LogP contribution in [0.1, 0.15) is 22.2 Å². The van der Waals surface area contributed by atoms with Gasteiger partial charge in [0, 0.05) is 21.8 Å². The molecule has 0 unspecified atom stereocenters. The number of benzene rings is 2. The lowest BCUT2D eigenvalue weighted by molar-refractivity contribution is -0.122. The number of para-hydroxylation sites is 1. The number of thiophene rings is 1. The van der Waals surface area contributed by atoms with Crippen LogP contribution in [0.4, 0.5) is 10.1 Å². The molecule has 4 rings (SSSR count). The minimum Gasteiger partial charge on any atom is -0.451 e. The highest BCUT2D eigenvalue weighted by molar-refractivity contribution is 7.20. The molecular weight excluding hydrogens is 353 g/mol. The molecule has 0 bridgehead atoms. The highest BCUT2D eigenvalue weighted by atomic mass is 32.1. The Kier molecular flexibility index (Phi) is 4.20. The predicted octanol–water partition coefficient (Wildman–Crippen LogP) is 4.18. The molecule has 0 radical (unpaired) electrons. The van der Waals surface area contributed by atoms with E-state index in [0.717, 1.165) is 29.0 Å². The van der Waals surface area contributed by atoms with Crippen LogP contribution >= 0.6 is 11.3 Å². The Hall–Kier alpha value is -2.73. The molecule has 6 heteroatoms. The monoisotopic (exact) mass is 369 g/mol. The van der Waals surface area contributed by atoms with Gasteiger partial charge in [0.25, 0.3) is 5.91 Å². The van der Waals surface area contributed by atoms with E-state index in [0.29, 0.717) is 10.1 Å². The minimum absolute atomic E-state index is 0.0250. The van der Waals surface area contributed by atoms with Crippen LogP contribution in [0, 0.1) is 5.82 Å². The van der Waals surface area contributed by atoms with Crippen molar-refractivity contribution in [1.29, 1.82) is 0 Å². The van der Waals surface area contributed by atoms with E-state index >= 15 is 0 Å². The fourth-order valence-corrected chi connectivity index (χ4v) is 4.31. The zero-order valence-electron chi connectivity index (χ0n) is 14.1. The third kappa shape index (κ3) is 2.86. The minimum atomic E-state index is -0.612. The second-order valence-corrected chi connectivity index (χ2v) is 7.37. The van der Waals surface area contributed by atoms with Crippen molar-refractivity contribution in [3.05, 3.63) is 64.8 Å². The molecule has 1 atom stereocenters. The molecular formula is C20H16FNO3S. The van der Waals surface area contributed by atoms with Crippen molar-refractivity contribution >= 4 is 39.0 Å². The molecule has 0 N–H and O–H groups in total. The summed E-state index contributed by atoms with van der Waals surface area (Å²) in [6, 6.07) is 13.9.